The van der Waals surface area contributed by atoms with E-state index in [0.717, 1.165) is 43.6 Å². The van der Waals surface area contributed by atoms with Crippen molar-refractivity contribution in [1.82, 2.24) is 15.5 Å². The maximum atomic E-state index is 13.6. The highest BCUT2D eigenvalue weighted by atomic mass is 19.2. The van der Waals surface area contributed by atoms with Crippen LogP contribution in [0.4, 0.5) is 14.8 Å². The third kappa shape index (κ3) is 5.25. The summed E-state index contributed by atoms with van der Waals surface area (Å²) in [4.78, 5) is 14.8. The SMILES string of the molecule is O=C(NC(Cc1ccccc1)c1nnc(N2CCCCCC2)o1)c1ccc(F)c(F)c1. The molecular weight excluding hydrogens is 402 g/mol. The van der Waals surface area contributed by atoms with Crippen molar-refractivity contribution in [1.29, 1.82) is 0 Å². The van der Waals surface area contributed by atoms with Crippen molar-refractivity contribution >= 4 is 11.9 Å². The Labute approximate surface area is 179 Å². The second-order valence-electron chi connectivity index (χ2n) is 7.67. The molecule has 0 spiro atoms. The minimum absolute atomic E-state index is 0.0178. The number of nitrogens with zero attached hydrogens (tertiary/aromatic N) is 3. The smallest absolute Gasteiger partial charge is 0.318 e. The van der Waals surface area contributed by atoms with E-state index in [4.69, 9.17) is 4.42 Å². The summed E-state index contributed by atoms with van der Waals surface area (Å²) in [7, 11) is 0. The summed E-state index contributed by atoms with van der Waals surface area (Å²) in [6.07, 6.45) is 4.91. The molecule has 2 heterocycles. The van der Waals surface area contributed by atoms with Crippen LogP contribution in [0.3, 0.4) is 0 Å². The van der Waals surface area contributed by atoms with E-state index in [0.29, 0.717) is 12.4 Å². The van der Waals surface area contributed by atoms with Crippen LogP contribution in [0, 0.1) is 11.6 Å². The molecule has 1 atom stereocenters. The molecule has 31 heavy (non-hydrogen) atoms. The van der Waals surface area contributed by atoms with Gasteiger partial charge in [-0.2, -0.15) is 0 Å². The summed E-state index contributed by atoms with van der Waals surface area (Å²) >= 11 is 0. The molecule has 4 rings (SSSR count). The van der Waals surface area contributed by atoms with Crippen LogP contribution < -0.4 is 10.2 Å². The molecule has 0 aliphatic carbocycles. The van der Waals surface area contributed by atoms with Gasteiger partial charge >= 0.3 is 6.01 Å². The lowest BCUT2D eigenvalue weighted by molar-refractivity contribution is 0.0929. The van der Waals surface area contributed by atoms with Gasteiger partial charge in [0.15, 0.2) is 11.6 Å². The zero-order valence-electron chi connectivity index (χ0n) is 17.1. The van der Waals surface area contributed by atoms with E-state index >= 15 is 0 Å². The third-order valence-electron chi connectivity index (χ3n) is 5.37. The fraction of sp³-hybridized carbons (Fsp3) is 0.348. The molecule has 1 saturated heterocycles. The van der Waals surface area contributed by atoms with Crippen LogP contribution in [0.25, 0.3) is 0 Å². The van der Waals surface area contributed by atoms with E-state index in [2.05, 4.69) is 20.4 Å². The van der Waals surface area contributed by atoms with Crippen molar-refractivity contribution in [2.45, 2.75) is 38.1 Å². The first-order valence-electron chi connectivity index (χ1n) is 10.5. The summed E-state index contributed by atoms with van der Waals surface area (Å²) in [5.74, 6) is -2.35. The third-order valence-corrected chi connectivity index (χ3v) is 5.37. The van der Waals surface area contributed by atoms with E-state index in [1.165, 1.54) is 18.9 Å². The van der Waals surface area contributed by atoms with Crippen LogP contribution in [-0.4, -0.2) is 29.2 Å². The predicted octanol–water partition coefficient (Wildman–Crippen LogP) is 4.44. The van der Waals surface area contributed by atoms with Crippen LogP contribution in [0.2, 0.25) is 0 Å². The fourth-order valence-electron chi connectivity index (χ4n) is 3.69. The van der Waals surface area contributed by atoms with Gasteiger partial charge in [0.1, 0.15) is 6.04 Å². The van der Waals surface area contributed by atoms with E-state index in [9.17, 15) is 13.6 Å². The Morgan fingerprint density at radius 1 is 1.00 bits per heavy atom. The average Bonchev–Trinajstić information content (AvgIpc) is 3.11. The van der Waals surface area contributed by atoms with E-state index in [1.807, 2.05) is 30.3 Å². The van der Waals surface area contributed by atoms with Crippen molar-refractivity contribution in [3.05, 3.63) is 77.2 Å². The van der Waals surface area contributed by atoms with Crippen molar-refractivity contribution in [3.8, 4) is 0 Å². The minimum atomic E-state index is -1.08. The first-order chi connectivity index (χ1) is 15.1. The highest BCUT2D eigenvalue weighted by molar-refractivity contribution is 5.94. The van der Waals surface area contributed by atoms with E-state index in [-0.39, 0.29) is 11.5 Å². The molecule has 2 aromatic carbocycles. The molecule has 1 N–H and O–H groups in total. The molecule has 3 aromatic rings. The van der Waals surface area contributed by atoms with Crippen LogP contribution in [0.5, 0.6) is 0 Å². The summed E-state index contributed by atoms with van der Waals surface area (Å²) in [6.45, 7) is 1.71. The zero-order chi connectivity index (χ0) is 21.6. The number of carbonyl (C=O) groups excluding carboxylic acids is 1. The number of hydrogen-bond donors (Lipinski definition) is 1. The quantitative estimate of drug-likeness (QED) is 0.631. The molecule has 0 saturated carbocycles. The van der Waals surface area contributed by atoms with Crippen molar-refractivity contribution in [2.75, 3.05) is 18.0 Å². The van der Waals surface area contributed by atoms with Gasteiger partial charge in [0.25, 0.3) is 5.91 Å². The fourth-order valence-corrected chi connectivity index (χ4v) is 3.69. The van der Waals surface area contributed by atoms with Crippen molar-refractivity contribution in [3.63, 3.8) is 0 Å². The number of carbonyl (C=O) groups is 1. The predicted molar refractivity (Wildman–Crippen MR) is 112 cm³/mol. The first kappa shape index (κ1) is 21.0. The molecule has 0 radical (unpaired) electrons. The van der Waals surface area contributed by atoms with Crippen LogP contribution >= 0.6 is 0 Å². The van der Waals surface area contributed by atoms with Gasteiger partial charge in [0.2, 0.25) is 5.89 Å². The Balaban J connectivity index is 1.57. The second kappa shape index (κ2) is 9.68. The van der Waals surface area contributed by atoms with Gasteiger partial charge in [0, 0.05) is 25.1 Å². The molecule has 1 aliphatic rings. The van der Waals surface area contributed by atoms with Gasteiger partial charge in [-0.3, -0.25) is 4.79 Å². The maximum absolute atomic E-state index is 13.6. The van der Waals surface area contributed by atoms with Crippen LogP contribution in [0.1, 0.15) is 53.5 Å². The Kier molecular flexibility index (Phi) is 6.54. The van der Waals surface area contributed by atoms with Crippen molar-refractivity contribution in [2.24, 2.45) is 0 Å². The number of hydrogen-bond acceptors (Lipinski definition) is 5. The molecule has 8 heteroatoms. The van der Waals surface area contributed by atoms with Gasteiger partial charge in [0.05, 0.1) is 0 Å². The van der Waals surface area contributed by atoms with E-state index < -0.39 is 23.6 Å². The average molecular weight is 426 g/mol. The molecule has 1 fully saturated rings. The van der Waals surface area contributed by atoms with Gasteiger partial charge in [-0.1, -0.05) is 48.3 Å². The molecule has 1 aliphatic heterocycles. The van der Waals surface area contributed by atoms with Crippen LogP contribution in [-0.2, 0) is 6.42 Å². The number of benzene rings is 2. The Morgan fingerprint density at radius 3 is 2.45 bits per heavy atom. The molecule has 1 unspecified atom stereocenters. The Hall–Kier alpha value is -3.29. The van der Waals surface area contributed by atoms with Crippen LogP contribution in [0.15, 0.2) is 52.9 Å². The largest absolute Gasteiger partial charge is 0.406 e. The van der Waals surface area contributed by atoms with Gasteiger partial charge in [-0.25, -0.2) is 8.78 Å². The standard InChI is InChI=1S/C23H24F2N4O2/c24-18-11-10-17(15-19(18)25)21(30)26-20(14-16-8-4-3-5-9-16)22-27-28-23(31-22)29-12-6-1-2-7-13-29/h3-5,8-11,15,20H,1-2,6-7,12-14H2,(H,26,30). The maximum Gasteiger partial charge on any atom is 0.318 e. The van der Waals surface area contributed by atoms with Gasteiger partial charge in [-0.15, -0.1) is 5.10 Å². The highest BCUT2D eigenvalue weighted by Crippen LogP contribution is 2.24. The highest BCUT2D eigenvalue weighted by Gasteiger charge is 2.25. The normalized spacial score (nSPS) is 15.4. The Bertz CT molecular complexity index is 1020. The number of halogens is 2. The van der Waals surface area contributed by atoms with E-state index in [1.54, 1.807) is 0 Å². The lowest BCUT2D eigenvalue weighted by Crippen LogP contribution is -2.30. The molecule has 0 bridgehead atoms. The molecule has 162 valence electrons. The van der Waals surface area contributed by atoms with Crippen molar-refractivity contribution < 1.29 is 18.0 Å². The molecule has 1 aromatic heterocycles. The van der Waals surface area contributed by atoms with Gasteiger partial charge < -0.3 is 14.6 Å². The number of amides is 1. The number of nitrogens with one attached hydrogen (secondary N) is 1. The number of rotatable bonds is 6. The molecular formula is C23H24F2N4O2. The summed E-state index contributed by atoms with van der Waals surface area (Å²) < 4.78 is 32.8. The monoisotopic (exact) mass is 426 g/mol. The zero-order valence-corrected chi connectivity index (χ0v) is 17.1. The Morgan fingerprint density at radius 2 is 1.74 bits per heavy atom. The minimum Gasteiger partial charge on any atom is -0.406 e. The topological polar surface area (TPSA) is 71.3 Å². The molecule has 6 nitrogen and oxygen atoms in total. The summed E-state index contributed by atoms with van der Waals surface area (Å²) in [5.41, 5.74) is 0.983. The summed E-state index contributed by atoms with van der Waals surface area (Å²) in [6, 6.07) is 12.5. The summed E-state index contributed by atoms with van der Waals surface area (Å²) in [5, 5.41) is 11.2. The number of anilines is 1. The first-order valence-corrected chi connectivity index (χ1v) is 10.5. The number of aromatic nitrogens is 2. The lowest BCUT2D eigenvalue weighted by Gasteiger charge is -2.18. The second-order valence-corrected chi connectivity index (χ2v) is 7.67. The van der Waals surface area contributed by atoms with Gasteiger partial charge in [-0.05, 0) is 36.6 Å². The lowest BCUT2D eigenvalue weighted by atomic mass is 10.1. The molecule has 1 amide bonds.